The summed E-state index contributed by atoms with van der Waals surface area (Å²) >= 11 is 0. The van der Waals surface area contributed by atoms with Gasteiger partial charge in [-0.1, -0.05) is 36.4 Å². The minimum Gasteiger partial charge on any atom is -0.493 e. The van der Waals surface area contributed by atoms with Crippen molar-refractivity contribution in [1.29, 1.82) is 0 Å². The molecule has 0 atom stereocenters. The van der Waals surface area contributed by atoms with Gasteiger partial charge in [-0.15, -0.1) is 0 Å². The van der Waals surface area contributed by atoms with Crippen LogP contribution < -0.4 is 9.47 Å². The van der Waals surface area contributed by atoms with Crippen LogP contribution in [0.4, 0.5) is 0 Å². The zero-order chi connectivity index (χ0) is 21.0. The van der Waals surface area contributed by atoms with E-state index in [1.165, 1.54) is 0 Å². The molecule has 1 aliphatic rings. The van der Waals surface area contributed by atoms with Crippen LogP contribution >= 0.6 is 0 Å². The van der Waals surface area contributed by atoms with Crippen LogP contribution in [0.1, 0.15) is 13.8 Å². The van der Waals surface area contributed by atoms with Gasteiger partial charge in [-0.3, -0.25) is 0 Å². The van der Waals surface area contributed by atoms with Crippen molar-refractivity contribution in [3.63, 3.8) is 0 Å². The van der Waals surface area contributed by atoms with Crippen molar-refractivity contribution in [2.75, 3.05) is 39.6 Å². The SMILES string of the molecule is CC1(C)OCC(COc2ccccc2)CO1.OCC(CO)COc1ccccc1. The van der Waals surface area contributed by atoms with Crippen LogP contribution in [0.25, 0.3) is 0 Å². The summed E-state index contributed by atoms with van der Waals surface area (Å²) in [6.45, 7) is 6.13. The minimum absolute atomic E-state index is 0.0522. The lowest BCUT2D eigenvalue weighted by Gasteiger charge is -2.34. The van der Waals surface area contributed by atoms with E-state index in [9.17, 15) is 0 Å². The predicted octanol–water partition coefficient (Wildman–Crippen LogP) is 3.13. The number of benzene rings is 2. The molecule has 0 saturated carbocycles. The lowest BCUT2D eigenvalue weighted by atomic mass is 10.1. The van der Waals surface area contributed by atoms with Gasteiger partial charge >= 0.3 is 0 Å². The molecule has 2 aromatic rings. The van der Waals surface area contributed by atoms with Gasteiger partial charge < -0.3 is 29.2 Å². The number of aliphatic hydroxyl groups is 2. The van der Waals surface area contributed by atoms with E-state index in [1.807, 2.05) is 74.5 Å². The Balaban J connectivity index is 0.000000212. The highest BCUT2D eigenvalue weighted by Crippen LogP contribution is 2.21. The largest absolute Gasteiger partial charge is 0.493 e. The third-order valence-electron chi connectivity index (χ3n) is 4.31. The van der Waals surface area contributed by atoms with Crippen molar-refractivity contribution in [3.05, 3.63) is 60.7 Å². The zero-order valence-electron chi connectivity index (χ0n) is 17.2. The molecule has 0 aromatic heterocycles. The Kier molecular flexibility index (Phi) is 9.94. The second kappa shape index (κ2) is 12.4. The van der Waals surface area contributed by atoms with Crippen LogP contribution in [-0.2, 0) is 9.47 Å². The summed E-state index contributed by atoms with van der Waals surface area (Å²) in [5.41, 5.74) is 0. The smallest absolute Gasteiger partial charge is 0.162 e. The van der Waals surface area contributed by atoms with Crippen molar-refractivity contribution < 1.29 is 29.2 Å². The Hall–Kier alpha value is -2.12. The van der Waals surface area contributed by atoms with E-state index in [1.54, 1.807) is 0 Å². The van der Waals surface area contributed by atoms with Gasteiger partial charge in [0.15, 0.2) is 5.79 Å². The van der Waals surface area contributed by atoms with Gasteiger partial charge in [0.2, 0.25) is 0 Å². The van der Waals surface area contributed by atoms with Gasteiger partial charge in [0.05, 0.1) is 39.6 Å². The van der Waals surface area contributed by atoms with E-state index >= 15 is 0 Å². The van der Waals surface area contributed by atoms with Crippen LogP contribution in [0.15, 0.2) is 60.7 Å². The molecule has 1 saturated heterocycles. The molecule has 6 nitrogen and oxygen atoms in total. The lowest BCUT2D eigenvalue weighted by molar-refractivity contribution is -0.264. The third kappa shape index (κ3) is 9.28. The molecule has 0 radical (unpaired) electrons. The molecule has 2 N–H and O–H groups in total. The van der Waals surface area contributed by atoms with E-state index in [0.29, 0.717) is 32.3 Å². The minimum atomic E-state index is -0.441. The van der Waals surface area contributed by atoms with Crippen molar-refractivity contribution in [1.82, 2.24) is 0 Å². The maximum atomic E-state index is 8.76. The molecule has 160 valence electrons. The molecular weight excluding hydrogens is 372 g/mol. The summed E-state index contributed by atoms with van der Waals surface area (Å²) in [5.74, 6) is 1.33. The first-order valence-corrected chi connectivity index (χ1v) is 9.87. The van der Waals surface area contributed by atoms with Crippen molar-refractivity contribution >= 4 is 0 Å². The van der Waals surface area contributed by atoms with Gasteiger partial charge in [-0.25, -0.2) is 0 Å². The zero-order valence-corrected chi connectivity index (χ0v) is 17.2. The number of hydrogen-bond acceptors (Lipinski definition) is 6. The Morgan fingerprint density at radius 3 is 1.83 bits per heavy atom. The molecule has 1 heterocycles. The first kappa shape index (κ1) is 23.2. The monoisotopic (exact) mass is 404 g/mol. The standard InChI is InChI=1S/C13H18O3.C10H14O3/c1-13(2)15-9-11(10-16-13)8-14-12-6-4-3-5-7-12;11-6-9(7-12)8-13-10-4-2-1-3-5-10/h3-7,11H,8-10H2,1-2H3;1-5,9,11-12H,6-8H2. The molecule has 2 aromatic carbocycles. The number of ether oxygens (including phenoxy) is 4. The Morgan fingerprint density at radius 1 is 0.862 bits per heavy atom. The molecule has 3 rings (SSSR count). The summed E-state index contributed by atoms with van der Waals surface area (Å²) in [4.78, 5) is 0. The van der Waals surface area contributed by atoms with Crippen LogP contribution in [0.3, 0.4) is 0 Å². The summed E-state index contributed by atoms with van der Waals surface area (Å²) in [6, 6.07) is 19.1. The van der Waals surface area contributed by atoms with E-state index in [4.69, 9.17) is 29.2 Å². The second-order valence-electron chi connectivity index (χ2n) is 7.37. The Labute approximate surface area is 173 Å². The van der Waals surface area contributed by atoms with Gasteiger partial charge in [0.1, 0.15) is 11.5 Å². The van der Waals surface area contributed by atoms with E-state index in [-0.39, 0.29) is 19.1 Å². The highest BCUT2D eigenvalue weighted by atomic mass is 16.7. The number of hydrogen-bond donors (Lipinski definition) is 2. The normalized spacial score (nSPS) is 16.0. The molecule has 1 fully saturated rings. The maximum Gasteiger partial charge on any atom is 0.162 e. The van der Waals surface area contributed by atoms with Crippen molar-refractivity contribution in [2.45, 2.75) is 19.6 Å². The molecule has 6 heteroatoms. The quantitative estimate of drug-likeness (QED) is 0.704. The van der Waals surface area contributed by atoms with Crippen molar-refractivity contribution in [2.24, 2.45) is 11.8 Å². The molecule has 0 aliphatic carbocycles. The van der Waals surface area contributed by atoms with E-state index in [0.717, 1.165) is 11.5 Å². The van der Waals surface area contributed by atoms with Crippen LogP contribution in [0.5, 0.6) is 11.5 Å². The summed E-state index contributed by atoms with van der Waals surface area (Å²) < 4.78 is 22.1. The van der Waals surface area contributed by atoms with Crippen LogP contribution in [0.2, 0.25) is 0 Å². The average molecular weight is 405 g/mol. The summed E-state index contributed by atoms with van der Waals surface area (Å²) in [6.07, 6.45) is 0. The molecule has 29 heavy (non-hydrogen) atoms. The molecule has 0 spiro atoms. The fourth-order valence-corrected chi connectivity index (χ4v) is 2.45. The van der Waals surface area contributed by atoms with Crippen LogP contribution in [0, 0.1) is 11.8 Å². The molecule has 1 aliphatic heterocycles. The number of rotatable bonds is 8. The fraction of sp³-hybridized carbons (Fsp3) is 0.478. The highest BCUT2D eigenvalue weighted by molar-refractivity contribution is 5.21. The molecule has 0 amide bonds. The third-order valence-corrected chi connectivity index (χ3v) is 4.31. The average Bonchev–Trinajstić information content (AvgIpc) is 2.76. The predicted molar refractivity (Wildman–Crippen MR) is 111 cm³/mol. The first-order chi connectivity index (χ1) is 14.0. The van der Waals surface area contributed by atoms with E-state index in [2.05, 4.69) is 0 Å². The lowest BCUT2D eigenvalue weighted by Crippen LogP contribution is -2.41. The molecule has 0 bridgehead atoms. The van der Waals surface area contributed by atoms with Gasteiger partial charge in [0.25, 0.3) is 0 Å². The molecular formula is C23H32O6. The topological polar surface area (TPSA) is 77.4 Å². The fourth-order valence-electron chi connectivity index (χ4n) is 2.45. The summed E-state index contributed by atoms with van der Waals surface area (Å²) in [7, 11) is 0. The molecule has 0 unspecified atom stereocenters. The Morgan fingerprint density at radius 2 is 1.34 bits per heavy atom. The second-order valence-corrected chi connectivity index (χ2v) is 7.37. The van der Waals surface area contributed by atoms with Crippen molar-refractivity contribution in [3.8, 4) is 11.5 Å². The summed E-state index contributed by atoms with van der Waals surface area (Å²) in [5, 5.41) is 17.5. The van der Waals surface area contributed by atoms with Gasteiger partial charge in [-0.05, 0) is 38.1 Å². The van der Waals surface area contributed by atoms with Gasteiger partial charge in [-0.2, -0.15) is 0 Å². The van der Waals surface area contributed by atoms with E-state index < -0.39 is 5.79 Å². The van der Waals surface area contributed by atoms with Crippen LogP contribution in [-0.4, -0.2) is 55.6 Å². The highest BCUT2D eigenvalue weighted by Gasteiger charge is 2.28. The number of aliphatic hydroxyl groups excluding tert-OH is 2. The number of para-hydroxylation sites is 2. The Bertz CT molecular complexity index is 648. The first-order valence-electron chi connectivity index (χ1n) is 9.87. The van der Waals surface area contributed by atoms with Gasteiger partial charge in [0, 0.05) is 11.8 Å². The maximum absolute atomic E-state index is 8.76.